The van der Waals surface area contributed by atoms with Crippen molar-refractivity contribution in [3.63, 3.8) is 0 Å². The van der Waals surface area contributed by atoms with Gasteiger partial charge in [-0.25, -0.2) is 0 Å². The van der Waals surface area contributed by atoms with Gasteiger partial charge in [-0.15, -0.1) is 0 Å². The van der Waals surface area contributed by atoms with Crippen molar-refractivity contribution in [3.8, 4) is 0 Å². The maximum Gasteiger partial charge on any atom is 0.253 e. The smallest absolute Gasteiger partial charge is 0.253 e. The summed E-state index contributed by atoms with van der Waals surface area (Å²) in [7, 11) is 0. The van der Waals surface area contributed by atoms with E-state index in [1.807, 2.05) is 83.1 Å². The zero-order chi connectivity index (χ0) is 69.6. The molecule has 536 valence electrons. The average molecular weight is 1310 g/mol. The third kappa shape index (κ3) is 44.5. The Hall–Kier alpha value is -4.17. The van der Waals surface area contributed by atoms with Crippen molar-refractivity contribution >= 4 is 41.4 Å². The minimum Gasteiger partial charge on any atom is -0.379 e. The number of ether oxygens (including phenoxy) is 10. The third-order valence-corrected chi connectivity index (χ3v) is 15.6. The van der Waals surface area contributed by atoms with Crippen molar-refractivity contribution in [3.05, 3.63) is 12.2 Å². The van der Waals surface area contributed by atoms with Gasteiger partial charge in [-0.05, 0) is 118 Å². The largest absolute Gasteiger partial charge is 0.379 e. The lowest BCUT2D eigenvalue weighted by Gasteiger charge is -2.31. The number of nitrogens with zero attached hydrogens (tertiary/aromatic N) is 2. The van der Waals surface area contributed by atoms with Crippen molar-refractivity contribution in [1.29, 1.82) is 0 Å². The van der Waals surface area contributed by atoms with E-state index in [9.17, 15) is 33.6 Å². The maximum atomic E-state index is 13.2. The minimum absolute atomic E-state index is 0.0308. The lowest BCUT2D eigenvalue weighted by Crippen LogP contribution is -2.45. The van der Waals surface area contributed by atoms with E-state index in [0.29, 0.717) is 118 Å². The number of hydrogen-bond donors (Lipinski definition) is 4. The van der Waals surface area contributed by atoms with Crippen LogP contribution in [-0.2, 0) is 80.9 Å². The molecule has 4 N–H and O–H groups in total. The summed E-state index contributed by atoms with van der Waals surface area (Å²) in [6.45, 7) is 44.4. The molecule has 7 amide bonds. The van der Waals surface area contributed by atoms with Gasteiger partial charge in [0.25, 0.3) is 11.8 Å². The SMILES string of the molecule is CC(C)(C)CCC(C)(C)C(=O)NCCC(C)(C)OCCC(C)(C)NC(=O)CCOCCOCCOCCOCCN(CCOCCOCCOCCOCCC(=O)NC(C)(C)CCOC(C)(C)CCNC(=O)C(C)(C)CCC(C)(C)C)C(=O)CCN1C(=O)C=CC1=O. The highest BCUT2D eigenvalue weighted by atomic mass is 16.6. The van der Waals surface area contributed by atoms with E-state index in [1.165, 1.54) is 12.2 Å². The average Bonchev–Trinajstić information content (AvgIpc) is 1.41. The van der Waals surface area contributed by atoms with E-state index in [-0.39, 0.29) is 119 Å². The van der Waals surface area contributed by atoms with Crippen molar-refractivity contribution in [2.45, 2.75) is 218 Å². The number of imide groups is 1. The summed E-state index contributed by atoms with van der Waals surface area (Å²) in [5.74, 6) is -1.25. The van der Waals surface area contributed by atoms with E-state index in [2.05, 4.69) is 62.8 Å². The Balaban J connectivity index is 2.21. The van der Waals surface area contributed by atoms with E-state index in [0.717, 1.165) is 30.6 Å². The molecule has 92 heavy (non-hydrogen) atoms. The molecule has 0 aliphatic carbocycles. The van der Waals surface area contributed by atoms with Gasteiger partial charge >= 0.3 is 0 Å². The molecule has 0 spiro atoms. The van der Waals surface area contributed by atoms with Gasteiger partial charge in [-0.3, -0.25) is 38.5 Å². The number of carbonyl (C=O) groups is 7. The van der Waals surface area contributed by atoms with Crippen LogP contribution in [0, 0.1) is 21.7 Å². The second kappa shape index (κ2) is 43.8. The molecule has 1 rings (SSSR count). The fourth-order valence-electron chi connectivity index (χ4n) is 8.93. The number of nitrogens with one attached hydrogen (secondary N) is 4. The van der Waals surface area contributed by atoms with Crippen molar-refractivity contribution < 1.29 is 80.9 Å². The first-order chi connectivity index (χ1) is 42.8. The highest BCUT2D eigenvalue weighted by Gasteiger charge is 2.33. The van der Waals surface area contributed by atoms with Gasteiger partial charge in [0, 0.05) is 99.3 Å². The molecule has 0 bridgehead atoms. The zero-order valence-corrected chi connectivity index (χ0v) is 60.5. The normalized spacial score (nSPS) is 13.7. The Labute approximate surface area is 554 Å². The maximum absolute atomic E-state index is 13.2. The highest BCUT2D eigenvalue weighted by molar-refractivity contribution is 6.13. The molecule has 0 unspecified atom stereocenters. The fraction of sp³-hybridized carbons (Fsp3) is 0.870. The Morgan fingerprint density at radius 1 is 0.380 bits per heavy atom. The fourth-order valence-corrected chi connectivity index (χ4v) is 8.93. The van der Waals surface area contributed by atoms with E-state index >= 15 is 0 Å². The molecule has 0 aromatic heterocycles. The van der Waals surface area contributed by atoms with Crippen molar-refractivity contribution in [1.82, 2.24) is 31.1 Å². The van der Waals surface area contributed by atoms with Gasteiger partial charge in [0.2, 0.25) is 29.5 Å². The molecule has 0 fully saturated rings. The van der Waals surface area contributed by atoms with Gasteiger partial charge in [0.15, 0.2) is 0 Å². The standard InChI is InChI=1S/C69H128N6O17/c1-62(2,3)24-26-64(7,8)60(81)70-32-28-68(15,16)91-39-30-66(11,12)72-55(76)22-37-83-43-47-87-51-53-89-49-45-85-41-35-74(57(78)21-34-75-58(79)19-20-59(75)80)36-42-86-46-50-90-54-52-88-48-44-84-38-23-56(77)73-67(13,14)31-40-92-69(17,18)29-33-71-61(82)65(9,10)27-25-63(4,5)6/h19-20H,21-54H2,1-18H3,(H,70,81)(H,71,82)(H,72,76)(H,73,77). The summed E-state index contributed by atoms with van der Waals surface area (Å²) in [5, 5.41) is 12.3. The van der Waals surface area contributed by atoms with Crippen LogP contribution in [0.2, 0.25) is 0 Å². The van der Waals surface area contributed by atoms with Gasteiger partial charge in [-0.2, -0.15) is 0 Å². The monoisotopic (exact) mass is 1310 g/mol. The number of amides is 7. The van der Waals surface area contributed by atoms with Crippen LogP contribution in [0.3, 0.4) is 0 Å². The summed E-state index contributed by atoms with van der Waals surface area (Å²) in [5.41, 5.74) is -2.35. The van der Waals surface area contributed by atoms with E-state index in [1.54, 1.807) is 4.90 Å². The lowest BCUT2D eigenvalue weighted by atomic mass is 9.79. The molecular formula is C69H128N6O17. The molecule has 1 aliphatic rings. The molecule has 0 saturated carbocycles. The van der Waals surface area contributed by atoms with Gasteiger partial charge in [0.1, 0.15) is 0 Å². The van der Waals surface area contributed by atoms with Crippen LogP contribution in [0.5, 0.6) is 0 Å². The van der Waals surface area contributed by atoms with Gasteiger partial charge in [-0.1, -0.05) is 69.2 Å². The molecule has 0 aromatic rings. The van der Waals surface area contributed by atoms with Crippen LogP contribution in [0.4, 0.5) is 0 Å². The van der Waals surface area contributed by atoms with Gasteiger partial charge in [0.05, 0.1) is 117 Å². The molecule has 23 nitrogen and oxygen atoms in total. The quantitative estimate of drug-likeness (QED) is 0.0333. The van der Waals surface area contributed by atoms with Crippen LogP contribution in [0.1, 0.15) is 195 Å². The zero-order valence-electron chi connectivity index (χ0n) is 60.5. The first kappa shape index (κ1) is 85.8. The topological polar surface area (TPSA) is 266 Å². The second-order valence-corrected chi connectivity index (χ2v) is 30.2. The summed E-state index contributed by atoms with van der Waals surface area (Å²) >= 11 is 0. The molecule has 1 heterocycles. The van der Waals surface area contributed by atoms with E-state index < -0.39 is 44.9 Å². The minimum atomic E-state index is -0.477. The summed E-state index contributed by atoms with van der Waals surface area (Å²) in [6, 6.07) is 0. The Bertz CT molecular complexity index is 2030. The molecule has 23 heteroatoms. The summed E-state index contributed by atoms with van der Waals surface area (Å²) in [4.78, 5) is 91.1. The first-order valence-corrected chi connectivity index (χ1v) is 33.7. The lowest BCUT2D eigenvalue weighted by molar-refractivity contribution is -0.139. The molecule has 0 aromatic carbocycles. The third-order valence-electron chi connectivity index (χ3n) is 15.6. The summed E-state index contributed by atoms with van der Waals surface area (Å²) < 4.78 is 57.5. The molecule has 1 aliphatic heterocycles. The highest BCUT2D eigenvalue weighted by Crippen LogP contribution is 2.32. The first-order valence-electron chi connectivity index (χ1n) is 33.7. The second-order valence-electron chi connectivity index (χ2n) is 30.2. The number of rotatable bonds is 55. The van der Waals surface area contributed by atoms with Crippen LogP contribution in [0.15, 0.2) is 12.2 Å². The molecule has 0 radical (unpaired) electrons. The predicted octanol–water partition coefficient (Wildman–Crippen LogP) is 7.92. The van der Waals surface area contributed by atoms with Crippen molar-refractivity contribution in [2.75, 3.05) is 152 Å². The molecule has 0 atom stereocenters. The molecule has 0 saturated heterocycles. The van der Waals surface area contributed by atoms with Crippen LogP contribution in [0.25, 0.3) is 0 Å². The predicted molar refractivity (Wildman–Crippen MR) is 357 cm³/mol. The van der Waals surface area contributed by atoms with E-state index in [4.69, 9.17) is 47.4 Å². The Kier molecular flexibility index (Phi) is 40.9. The van der Waals surface area contributed by atoms with Crippen LogP contribution in [-0.4, -0.2) is 225 Å². The number of hydrogen-bond acceptors (Lipinski definition) is 17. The van der Waals surface area contributed by atoms with Crippen LogP contribution >= 0.6 is 0 Å². The van der Waals surface area contributed by atoms with Gasteiger partial charge < -0.3 is 73.5 Å². The Morgan fingerprint density at radius 2 is 0.685 bits per heavy atom. The van der Waals surface area contributed by atoms with Crippen molar-refractivity contribution in [2.24, 2.45) is 21.7 Å². The molecular weight excluding hydrogens is 1180 g/mol. The Morgan fingerprint density at radius 3 is 1.00 bits per heavy atom. The van der Waals surface area contributed by atoms with Crippen LogP contribution < -0.4 is 21.3 Å². The number of carbonyl (C=O) groups excluding carboxylic acids is 7. The summed E-state index contributed by atoms with van der Waals surface area (Å²) in [6.07, 6.45) is 8.93.